The Morgan fingerprint density at radius 1 is 1.04 bits per heavy atom. The Morgan fingerprint density at radius 2 is 1.85 bits per heavy atom. The number of hydrogen-bond donors (Lipinski definition) is 2. The van der Waals surface area contributed by atoms with Gasteiger partial charge in [-0.1, -0.05) is 6.92 Å². The van der Waals surface area contributed by atoms with Gasteiger partial charge in [0.05, 0.1) is 6.33 Å². The molecular formula is C17H23N9. The first-order chi connectivity index (χ1) is 12.8. The predicted molar refractivity (Wildman–Crippen MR) is 100.0 cm³/mol. The summed E-state index contributed by atoms with van der Waals surface area (Å²) in [5, 5.41) is 3.20. The van der Waals surface area contributed by atoms with Gasteiger partial charge in [0.2, 0.25) is 5.95 Å². The topological polar surface area (TPSA) is 98.8 Å². The second kappa shape index (κ2) is 7.61. The predicted octanol–water partition coefficient (Wildman–Crippen LogP) is 1.29. The molecule has 0 bridgehead atoms. The number of anilines is 2. The SMILES string of the molecule is CCCNc1ncc(CN2CCN(c3ncnc4nc[nH]c34)CC2)cn1. The van der Waals surface area contributed by atoms with Crippen LogP contribution in [0, 0.1) is 0 Å². The maximum Gasteiger partial charge on any atom is 0.222 e. The van der Waals surface area contributed by atoms with Crippen LogP contribution in [0.15, 0.2) is 25.0 Å². The van der Waals surface area contributed by atoms with Gasteiger partial charge in [0.1, 0.15) is 11.8 Å². The average molecular weight is 353 g/mol. The van der Waals surface area contributed by atoms with Crippen LogP contribution in [0.1, 0.15) is 18.9 Å². The molecule has 0 spiro atoms. The Bertz CT molecular complexity index is 837. The van der Waals surface area contributed by atoms with Crippen LogP contribution in [-0.2, 0) is 6.54 Å². The minimum atomic E-state index is 0.702. The molecule has 136 valence electrons. The minimum absolute atomic E-state index is 0.702. The van der Waals surface area contributed by atoms with Crippen molar-refractivity contribution in [2.45, 2.75) is 19.9 Å². The molecule has 26 heavy (non-hydrogen) atoms. The molecule has 3 aromatic heterocycles. The highest BCUT2D eigenvalue weighted by molar-refractivity contribution is 5.82. The third-order valence-corrected chi connectivity index (χ3v) is 4.52. The standard InChI is InChI=1S/C17H23N9/c1-2-3-18-17-19-8-13(9-20-17)10-25-4-6-26(7-5-25)16-14-15(22-11-21-14)23-12-24-16/h8-9,11-12H,2-7,10H2,1H3,(H,18,19,20)(H,21,22,23,24). The zero-order valence-corrected chi connectivity index (χ0v) is 14.9. The molecule has 1 saturated heterocycles. The van der Waals surface area contributed by atoms with Crippen molar-refractivity contribution in [1.29, 1.82) is 0 Å². The summed E-state index contributed by atoms with van der Waals surface area (Å²) in [4.78, 5) is 29.4. The van der Waals surface area contributed by atoms with Gasteiger partial charge in [-0.3, -0.25) is 4.90 Å². The van der Waals surface area contributed by atoms with Crippen molar-refractivity contribution in [2.24, 2.45) is 0 Å². The fourth-order valence-corrected chi connectivity index (χ4v) is 3.13. The number of aromatic nitrogens is 6. The fourth-order valence-electron chi connectivity index (χ4n) is 3.13. The molecule has 1 aliphatic heterocycles. The van der Waals surface area contributed by atoms with Crippen LogP contribution in [-0.4, -0.2) is 67.5 Å². The quantitative estimate of drug-likeness (QED) is 0.684. The van der Waals surface area contributed by atoms with E-state index in [4.69, 9.17) is 0 Å². The second-order valence-corrected chi connectivity index (χ2v) is 6.40. The number of nitrogens with zero attached hydrogens (tertiary/aromatic N) is 7. The minimum Gasteiger partial charge on any atom is -0.354 e. The van der Waals surface area contributed by atoms with E-state index in [1.165, 1.54) is 0 Å². The first-order valence-corrected chi connectivity index (χ1v) is 8.99. The van der Waals surface area contributed by atoms with Crippen LogP contribution in [0.3, 0.4) is 0 Å². The Balaban J connectivity index is 1.34. The molecule has 3 aromatic rings. The van der Waals surface area contributed by atoms with Gasteiger partial charge in [0.15, 0.2) is 11.5 Å². The molecule has 0 unspecified atom stereocenters. The van der Waals surface area contributed by atoms with E-state index < -0.39 is 0 Å². The zero-order valence-electron chi connectivity index (χ0n) is 14.9. The monoisotopic (exact) mass is 353 g/mol. The van der Waals surface area contributed by atoms with E-state index in [9.17, 15) is 0 Å². The first kappa shape index (κ1) is 16.6. The van der Waals surface area contributed by atoms with Crippen LogP contribution in [0.25, 0.3) is 11.2 Å². The smallest absolute Gasteiger partial charge is 0.222 e. The number of aromatic amines is 1. The van der Waals surface area contributed by atoms with Gasteiger partial charge >= 0.3 is 0 Å². The summed E-state index contributed by atoms with van der Waals surface area (Å²) >= 11 is 0. The number of imidazole rings is 1. The Labute approximate surface area is 151 Å². The Kier molecular flexibility index (Phi) is 4.87. The largest absolute Gasteiger partial charge is 0.354 e. The summed E-state index contributed by atoms with van der Waals surface area (Å²) in [6.45, 7) is 7.66. The third-order valence-electron chi connectivity index (χ3n) is 4.52. The molecule has 0 radical (unpaired) electrons. The van der Waals surface area contributed by atoms with E-state index in [0.717, 1.165) is 62.6 Å². The van der Waals surface area contributed by atoms with E-state index in [0.29, 0.717) is 11.6 Å². The van der Waals surface area contributed by atoms with Crippen molar-refractivity contribution in [3.05, 3.63) is 30.6 Å². The van der Waals surface area contributed by atoms with Gasteiger partial charge in [0.25, 0.3) is 0 Å². The molecule has 2 N–H and O–H groups in total. The molecule has 0 saturated carbocycles. The number of nitrogens with one attached hydrogen (secondary N) is 2. The van der Waals surface area contributed by atoms with Crippen LogP contribution in [0.2, 0.25) is 0 Å². The van der Waals surface area contributed by atoms with Gasteiger partial charge in [-0.2, -0.15) is 0 Å². The molecule has 0 aliphatic carbocycles. The van der Waals surface area contributed by atoms with Crippen LogP contribution in [0.5, 0.6) is 0 Å². The van der Waals surface area contributed by atoms with Gasteiger partial charge in [-0.15, -0.1) is 0 Å². The summed E-state index contributed by atoms with van der Waals surface area (Å²) in [6, 6.07) is 0. The maximum absolute atomic E-state index is 4.44. The van der Waals surface area contributed by atoms with Crippen LogP contribution in [0.4, 0.5) is 11.8 Å². The highest BCUT2D eigenvalue weighted by Crippen LogP contribution is 2.21. The first-order valence-electron chi connectivity index (χ1n) is 8.99. The molecular weight excluding hydrogens is 330 g/mol. The molecule has 0 aromatic carbocycles. The molecule has 9 nitrogen and oxygen atoms in total. The second-order valence-electron chi connectivity index (χ2n) is 6.40. The molecule has 0 amide bonds. The third kappa shape index (κ3) is 3.57. The lowest BCUT2D eigenvalue weighted by atomic mass is 10.2. The molecule has 1 aliphatic rings. The summed E-state index contributed by atoms with van der Waals surface area (Å²) in [7, 11) is 0. The molecule has 4 rings (SSSR count). The van der Waals surface area contributed by atoms with Crippen molar-refractivity contribution >= 4 is 22.9 Å². The van der Waals surface area contributed by atoms with Crippen LogP contribution >= 0.6 is 0 Å². The van der Waals surface area contributed by atoms with E-state index in [1.54, 1.807) is 12.7 Å². The van der Waals surface area contributed by atoms with Gasteiger partial charge < -0.3 is 15.2 Å². The van der Waals surface area contributed by atoms with Crippen molar-refractivity contribution < 1.29 is 0 Å². The van der Waals surface area contributed by atoms with E-state index in [2.05, 4.69) is 51.9 Å². The number of H-pyrrole nitrogens is 1. The number of fused-ring (bicyclic) bond motifs is 1. The van der Waals surface area contributed by atoms with Gasteiger partial charge in [-0.25, -0.2) is 24.9 Å². The normalized spacial score (nSPS) is 15.5. The van der Waals surface area contributed by atoms with Gasteiger partial charge in [-0.05, 0) is 6.42 Å². The molecule has 1 fully saturated rings. The van der Waals surface area contributed by atoms with Crippen molar-refractivity contribution in [3.8, 4) is 0 Å². The van der Waals surface area contributed by atoms with Gasteiger partial charge in [0, 0.05) is 57.2 Å². The lowest BCUT2D eigenvalue weighted by molar-refractivity contribution is 0.249. The molecule has 9 heteroatoms. The molecule has 0 atom stereocenters. The van der Waals surface area contributed by atoms with Crippen molar-refractivity contribution in [3.63, 3.8) is 0 Å². The zero-order chi connectivity index (χ0) is 17.8. The molecule has 4 heterocycles. The van der Waals surface area contributed by atoms with Crippen molar-refractivity contribution in [1.82, 2.24) is 34.8 Å². The number of rotatable bonds is 6. The lowest BCUT2D eigenvalue weighted by Crippen LogP contribution is -2.46. The summed E-state index contributed by atoms with van der Waals surface area (Å²) in [6.07, 6.45) is 8.13. The highest BCUT2D eigenvalue weighted by atomic mass is 15.3. The Hall–Kier alpha value is -2.81. The number of piperazine rings is 1. The fraction of sp³-hybridized carbons (Fsp3) is 0.471. The van der Waals surface area contributed by atoms with E-state index >= 15 is 0 Å². The highest BCUT2D eigenvalue weighted by Gasteiger charge is 2.20. The van der Waals surface area contributed by atoms with Crippen LogP contribution < -0.4 is 10.2 Å². The summed E-state index contributed by atoms with van der Waals surface area (Å²) in [5.74, 6) is 1.63. The van der Waals surface area contributed by atoms with E-state index in [1.807, 2.05) is 12.4 Å². The summed E-state index contributed by atoms with van der Waals surface area (Å²) in [5.41, 5.74) is 2.76. The Morgan fingerprint density at radius 3 is 2.62 bits per heavy atom. The summed E-state index contributed by atoms with van der Waals surface area (Å²) < 4.78 is 0. The van der Waals surface area contributed by atoms with Crippen molar-refractivity contribution in [2.75, 3.05) is 42.9 Å². The average Bonchev–Trinajstić information content (AvgIpc) is 3.17. The maximum atomic E-state index is 4.44. The van der Waals surface area contributed by atoms with E-state index in [-0.39, 0.29) is 0 Å². The lowest BCUT2D eigenvalue weighted by Gasteiger charge is -2.35. The number of hydrogen-bond acceptors (Lipinski definition) is 8.